The van der Waals surface area contributed by atoms with Crippen molar-refractivity contribution in [2.45, 2.75) is 56.8 Å². The number of nitrogens with one attached hydrogen (secondary N) is 6. The molecule has 5 aromatic rings. The molecule has 252 valence electrons. The quantitative estimate of drug-likeness (QED) is 0.146. The lowest BCUT2D eigenvalue weighted by Gasteiger charge is -2.28. The molecule has 6 N–H and O–H groups in total. The summed E-state index contributed by atoms with van der Waals surface area (Å²) in [5.74, 6) is -2.91. The van der Waals surface area contributed by atoms with Crippen molar-refractivity contribution in [3.8, 4) is 0 Å². The number of cyclic esters (lactones) is 1. The summed E-state index contributed by atoms with van der Waals surface area (Å²) in [6, 6.07) is 20.7. The van der Waals surface area contributed by atoms with E-state index in [1.807, 2.05) is 54.6 Å². The molecule has 1 aliphatic rings. The Morgan fingerprint density at radius 3 is 1.92 bits per heavy atom. The third kappa shape index (κ3) is 7.98. The fourth-order valence-corrected chi connectivity index (χ4v) is 6.14. The monoisotopic (exact) mass is 662 g/mol. The highest BCUT2D eigenvalue weighted by Crippen LogP contribution is 2.21. The Balaban J connectivity index is 1.31. The molecule has 2 aromatic heterocycles. The summed E-state index contributed by atoms with van der Waals surface area (Å²) in [6.45, 7) is 1.45. The minimum absolute atomic E-state index is 0.00785. The number of rotatable bonds is 7. The van der Waals surface area contributed by atoms with Crippen LogP contribution in [0.3, 0.4) is 0 Å². The molecule has 0 saturated carbocycles. The van der Waals surface area contributed by atoms with Crippen LogP contribution in [-0.2, 0) is 48.0 Å². The first kappa shape index (κ1) is 33.0. The van der Waals surface area contributed by atoms with Crippen molar-refractivity contribution in [3.63, 3.8) is 0 Å². The van der Waals surface area contributed by atoms with Crippen LogP contribution < -0.4 is 21.3 Å². The highest BCUT2D eigenvalue weighted by atomic mass is 16.5. The number of aromatic amines is 2. The molecule has 0 bridgehead atoms. The number of benzene rings is 3. The summed E-state index contributed by atoms with van der Waals surface area (Å²) < 4.78 is 5.57. The zero-order chi connectivity index (χ0) is 34.3. The minimum Gasteiger partial charge on any atom is -0.460 e. The van der Waals surface area contributed by atoms with Crippen LogP contribution in [0.25, 0.3) is 21.8 Å². The molecule has 1 unspecified atom stereocenters. The molecule has 12 heteroatoms. The Bertz CT molecular complexity index is 1980. The van der Waals surface area contributed by atoms with Crippen LogP contribution in [0.1, 0.15) is 30.0 Å². The van der Waals surface area contributed by atoms with Gasteiger partial charge in [-0.2, -0.15) is 0 Å². The Kier molecular flexibility index (Phi) is 10.0. The lowest BCUT2D eigenvalue weighted by molar-refractivity contribution is -0.152. The van der Waals surface area contributed by atoms with E-state index in [1.165, 1.54) is 6.92 Å². The maximum Gasteiger partial charge on any atom is 0.307 e. The van der Waals surface area contributed by atoms with E-state index in [4.69, 9.17) is 4.74 Å². The number of aromatic nitrogens is 2. The number of fused-ring (bicyclic) bond motifs is 2. The van der Waals surface area contributed by atoms with Gasteiger partial charge in [0.2, 0.25) is 23.6 Å². The molecule has 6 rings (SSSR count). The van der Waals surface area contributed by atoms with Crippen molar-refractivity contribution in [1.82, 2.24) is 31.2 Å². The summed E-state index contributed by atoms with van der Waals surface area (Å²) >= 11 is 0. The number of esters is 1. The van der Waals surface area contributed by atoms with Crippen LogP contribution in [0.15, 0.2) is 91.3 Å². The second-order valence-corrected chi connectivity index (χ2v) is 12.2. The van der Waals surface area contributed by atoms with Crippen molar-refractivity contribution >= 4 is 51.4 Å². The Morgan fingerprint density at radius 1 is 0.735 bits per heavy atom. The van der Waals surface area contributed by atoms with Crippen LogP contribution >= 0.6 is 0 Å². The first-order valence-electron chi connectivity index (χ1n) is 16.3. The number of ether oxygens (including phenoxy) is 1. The predicted octanol–water partition coefficient (Wildman–Crippen LogP) is 2.58. The fourth-order valence-electron chi connectivity index (χ4n) is 6.14. The molecule has 4 atom stereocenters. The highest BCUT2D eigenvalue weighted by molar-refractivity contribution is 5.96. The molecule has 0 spiro atoms. The Morgan fingerprint density at radius 2 is 1.29 bits per heavy atom. The first-order chi connectivity index (χ1) is 23.7. The van der Waals surface area contributed by atoms with Gasteiger partial charge in [-0.05, 0) is 35.7 Å². The zero-order valence-corrected chi connectivity index (χ0v) is 27.0. The largest absolute Gasteiger partial charge is 0.460 e. The first-order valence-corrected chi connectivity index (χ1v) is 16.3. The van der Waals surface area contributed by atoms with Crippen molar-refractivity contribution in [2.24, 2.45) is 0 Å². The van der Waals surface area contributed by atoms with Gasteiger partial charge in [-0.1, -0.05) is 66.7 Å². The number of carbonyl (C=O) groups excluding carboxylic acids is 5. The number of hydrogen-bond donors (Lipinski definition) is 6. The molecule has 0 radical (unpaired) electrons. The van der Waals surface area contributed by atoms with E-state index < -0.39 is 53.8 Å². The summed E-state index contributed by atoms with van der Waals surface area (Å²) in [7, 11) is 0. The lowest BCUT2D eigenvalue weighted by atomic mass is 10.0. The van der Waals surface area contributed by atoms with Crippen molar-refractivity contribution in [2.75, 3.05) is 6.54 Å². The Labute approximate surface area is 282 Å². The molecule has 12 nitrogen and oxygen atoms in total. The number of hydrogen-bond acceptors (Lipinski definition) is 6. The van der Waals surface area contributed by atoms with Crippen LogP contribution in [0.2, 0.25) is 0 Å². The summed E-state index contributed by atoms with van der Waals surface area (Å²) in [5, 5.41) is 12.9. The van der Waals surface area contributed by atoms with Gasteiger partial charge in [-0.25, -0.2) is 0 Å². The second-order valence-electron chi connectivity index (χ2n) is 12.2. The van der Waals surface area contributed by atoms with E-state index in [1.54, 1.807) is 36.7 Å². The third-order valence-corrected chi connectivity index (χ3v) is 8.69. The van der Waals surface area contributed by atoms with E-state index in [0.717, 1.165) is 38.5 Å². The number of carbonyl (C=O) groups is 5. The normalized spacial score (nSPS) is 20.9. The number of H-pyrrole nitrogens is 2. The van der Waals surface area contributed by atoms with Gasteiger partial charge in [0.25, 0.3) is 0 Å². The minimum atomic E-state index is -1.31. The molecule has 1 aliphatic heterocycles. The molecule has 3 heterocycles. The lowest BCUT2D eigenvalue weighted by Crippen LogP contribution is -2.60. The smallest absolute Gasteiger partial charge is 0.307 e. The van der Waals surface area contributed by atoms with Crippen molar-refractivity contribution in [1.29, 1.82) is 0 Å². The van der Waals surface area contributed by atoms with Crippen molar-refractivity contribution < 1.29 is 28.7 Å². The van der Waals surface area contributed by atoms with Gasteiger partial charge in [-0.3, -0.25) is 24.0 Å². The van der Waals surface area contributed by atoms with Gasteiger partial charge in [0.15, 0.2) is 0 Å². The summed E-state index contributed by atoms with van der Waals surface area (Å²) in [6.07, 6.45) is 2.51. The average Bonchev–Trinajstić information content (AvgIpc) is 3.70. The predicted molar refractivity (Wildman–Crippen MR) is 183 cm³/mol. The van der Waals surface area contributed by atoms with Gasteiger partial charge in [0.1, 0.15) is 24.2 Å². The van der Waals surface area contributed by atoms with Crippen LogP contribution in [0.4, 0.5) is 0 Å². The number of para-hydroxylation sites is 2. The molecule has 49 heavy (non-hydrogen) atoms. The fraction of sp³-hybridized carbons (Fsp3) is 0.270. The standard InChI is InChI=1S/C37H38N6O6/c1-22-34(43-32(44)17-23-9-3-2-4-10-23)37(48)42-31(19-25-21-40-29-14-8-6-12-27(25)29)36(47)41-30(35(46)38-16-15-33(45)49-22)18-24-20-39-28-13-7-5-11-26(24)28/h2-14,20-22,30-31,34,39-40H,15-19H2,1H3,(H,38,46)(H,41,47)(H,42,48)(H,43,44)/t22-,30?,31+,34+/m1/s1. The van der Waals surface area contributed by atoms with Gasteiger partial charge >= 0.3 is 5.97 Å². The van der Waals surface area contributed by atoms with Gasteiger partial charge in [0.05, 0.1) is 12.8 Å². The van der Waals surface area contributed by atoms with E-state index in [-0.39, 0.29) is 32.2 Å². The maximum absolute atomic E-state index is 14.1. The highest BCUT2D eigenvalue weighted by Gasteiger charge is 2.35. The second kappa shape index (κ2) is 14.9. The van der Waals surface area contributed by atoms with Gasteiger partial charge in [0, 0.05) is 53.6 Å². The third-order valence-electron chi connectivity index (χ3n) is 8.69. The van der Waals surface area contributed by atoms with Gasteiger partial charge in [-0.15, -0.1) is 0 Å². The molecule has 1 saturated heterocycles. The molecule has 0 aliphatic carbocycles. The van der Waals surface area contributed by atoms with E-state index in [2.05, 4.69) is 31.2 Å². The molecule has 3 aromatic carbocycles. The molecule has 1 fully saturated rings. The summed E-state index contributed by atoms with van der Waals surface area (Å²) in [4.78, 5) is 74.0. The van der Waals surface area contributed by atoms with Crippen LogP contribution in [-0.4, -0.2) is 70.3 Å². The van der Waals surface area contributed by atoms with Crippen molar-refractivity contribution in [3.05, 3.63) is 108 Å². The molecule has 4 amide bonds. The Hall–Kier alpha value is -5.91. The van der Waals surface area contributed by atoms with Gasteiger partial charge < -0.3 is 36.0 Å². The SMILES string of the molecule is C[C@H]1OC(=O)CCNC(=O)C(Cc2c[nH]c3ccccc23)NC(=O)[C@H](Cc2c[nH]c3ccccc23)NC(=O)[C@H]1NC(=O)Cc1ccccc1. The van der Waals surface area contributed by atoms with Crippen LogP contribution in [0, 0.1) is 0 Å². The summed E-state index contributed by atoms with van der Waals surface area (Å²) in [5.41, 5.74) is 4.04. The van der Waals surface area contributed by atoms with Crippen LogP contribution in [0.5, 0.6) is 0 Å². The average molecular weight is 663 g/mol. The zero-order valence-electron chi connectivity index (χ0n) is 27.0. The van der Waals surface area contributed by atoms with E-state index >= 15 is 0 Å². The molecular weight excluding hydrogens is 624 g/mol. The maximum atomic E-state index is 14.1. The molecular formula is C37H38N6O6. The van der Waals surface area contributed by atoms with E-state index in [9.17, 15) is 24.0 Å². The topological polar surface area (TPSA) is 174 Å². The number of amides is 4. The van der Waals surface area contributed by atoms with E-state index in [0.29, 0.717) is 0 Å².